The maximum atomic E-state index is 8.83. The molecule has 1 aromatic heterocycles. The third-order valence-corrected chi connectivity index (χ3v) is 3.72. The molecule has 0 saturated carbocycles. The predicted molar refractivity (Wildman–Crippen MR) is 99.7 cm³/mol. The molecule has 0 atom stereocenters. The van der Waals surface area contributed by atoms with Crippen molar-refractivity contribution in [3.63, 3.8) is 0 Å². The third-order valence-electron chi connectivity index (χ3n) is 3.72. The molecule has 0 saturated heterocycles. The Balaban J connectivity index is 1.51. The van der Waals surface area contributed by atoms with Crippen molar-refractivity contribution in [2.75, 3.05) is 17.2 Å². The molecule has 3 aromatic rings. The molecular weight excluding hydrogens is 310 g/mol. The Labute approximate surface area is 147 Å². The molecule has 5 nitrogen and oxygen atoms in total. The Bertz CT molecular complexity index is 838. The van der Waals surface area contributed by atoms with E-state index in [9.17, 15) is 0 Å². The van der Waals surface area contributed by atoms with Gasteiger partial charge in [-0.1, -0.05) is 30.3 Å². The van der Waals surface area contributed by atoms with Crippen molar-refractivity contribution in [1.82, 2.24) is 9.97 Å². The van der Waals surface area contributed by atoms with Crippen molar-refractivity contribution in [2.24, 2.45) is 0 Å². The fourth-order valence-electron chi connectivity index (χ4n) is 2.43. The van der Waals surface area contributed by atoms with Gasteiger partial charge in [0.2, 0.25) is 5.95 Å². The standard InChI is InChI=1S/C20H19N5/c21-15-17-8-10-18(11-9-17)24-20-23-14-12-19(25-20)22-13-4-7-16-5-2-1-3-6-16/h1-3,5-6,8-12,14H,4,7,13H2,(H2,22,23,24,25). The van der Waals surface area contributed by atoms with E-state index in [-0.39, 0.29) is 0 Å². The van der Waals surface area contributed by atoms with Crippen LogP contribution in [0.15, 0.2) is 66.9 Å². The van der Waals surface area contributed by atoms with Gasteiger partial charge in [-0.3, -0.25) is 0 Å². The first-order valence-electron chi connectivity index (χ1n) is 8.21. The fourth-order valence-corrected chi connectivity index (χ4v) is 2.43. The number of hydrogen-bond acceptors (Lipinski definition) is 5. The van der Waals surface area contributed by atoms with Gasteiger partial charge in [-0.2, -0.15) is 10.2 Å². The van der Waals surface area contributed by atoms with Gasteiger partial charge in [-0.15, -0.1) is 0 Å². The SMILES string of the molecule is N#Cc1ccc(Nc2nccc(NCCCc3ccccc3)n2)cc1. The Kier molecular flexibility index (Phi) is 5.57. The van der Waals surface area contributed by atoms with Crippen molar-refractivity contribution in [2.45, 2.75) is 12.8 Å². The zero-order valence-electron chi connectivity index (χ0n) is 13.8. The van der Waals surface area contributed by atoms with Crippen LogP contribution >= 0.6 is 0 Å². The molecule has 124 valence electrons. The zero-order valence-corrected chi connectivity index (χ0v) is 13.8. The molecule has 1 heterocycles. The second kappa shape index (κ2) is 8.46. The first-order valence-corrected chi connectivity index (χ1v) is 8.21. The van der Waals surface area contributed by atoms with Gasteiger partial charge in [0.15, 0.2) is 0 Å². The van der Waals surface area contributed by atoms with Crippen LogP contribution in [0.5, 0.6) is 0 Å². The average Bonchev–Trinajstić information content (AvgIpc) is 2.67. The van der Waals surface area contributed by atoms with Crippen molar-refractivity contribution in [3.05, 3.63) is 78.0 Å². The van der Waals surface area contributed by atoms with E-state index in [0.717, 1.165) is 30.9 Å². The minimum Gasteiger partial charge on any atom is -0.370 e. The van der Waals surface area contributed by atoms with Crippen molar-refractivity contribution in [1.29, 1.82) is 5.26 Å². The van der Waals surface area contributed by atoms with E-state index in [1.54, 1.807) is 18.3 Å². The summed E-state index contributed by atoms with van der Waals surface area (Å²) in [5.41, 5.74) is 2.82. The Morgan fingerprint density at radius 1 is 0.960 bits per heavy atom. The molecule has 0 fully saturated rings. The minimum absolute atomic E-state index is 0.526. The molecule has 0 aliphatic heterocycles. The predicted octanol–water partition coefficient (Wildman–Crippen LogP) is 4.14. The fraction of sp³-hybridized carbons (Fsp3) is 0.150. The Morgan fingerprint density at radius 3 is 2.52 bits per heavy atom. The molecule has 2 aromatic carbocycles. The number of rotatable bonds is 7. The summed E-state index contributed by atoms with van der Waals surface area (Å²) < 4.78 is 0. The Morgan fingerprint density at radius 2 is 1.76 bits per heavy atom. The van der Waals surface area contributed by atoms with E-state index < -0.39 is 0 Å². The topological polar surface area (TPSA) is 73.6 Å². The molecule has 0 aliphatic rings. The number of anilines is 3. The molecule has 0 radical (unpaired) electrons. The van der Waals surface area contributed by atoms with E-state index in [1.807, 2.05) is 24.3 Å². The summed E-state index contributed by atoms with van der Waals surface area (Å²) in [6.07, 6.45) is 3.79. The van der Waals surface area contributed by atoms with Gasteiger partial charge in [0, 0.05) is 18.4 Å². The summed E-state index contributed by atoms with van der Waals surface area (Å²) in [6.45, 7) is 0.849. The monoisotopic (exact) mass is 329 g/mol. The van der Waals surface area contributed by atoms with E-state index in [2.05, 4.69) is 50.9 Å². The normalized spacial score (nSPS) is 10.0. The lowest BCUT2D eigenvalue weighted by Gasteiger charge is -2.08. The largest absolute Gasteiger partial charge is 0.370 e. The van der Waals surface area contributed by atoms with Gasteiger partial charge >= 0.3 is 0 Å². The van der Waals surface area contributed by atoms with Crippen LogP contribution in [0.2, 0.25) is 0 Å². The number of nitrogens with one attached hydrogen (secondary N) is 2. The number of aromatic nitrogens is 2. The molecule has 3 rings (SSSR count). The molecule has 0 aliphatic carbocycles. The average molecular weight is 329 g/mol. The van der Waals surface area contributed by atoms with Crippen LogP contribution in [0.25, 0.3) is 0 Å². The van der Waals surface area contributed by atoms with Crippen molar-refractivity contribution >= 4 is 17.5 Å². The van der Waals surface area contributed by atoms with Gasteiger partial charge in [-0.25, -0.2) is 4.98 Å². The maximum absolute atomic E-state index is 8.83. The van der Waals surface area contributed by atoms with Crippen LogP contribution in [0.3, 0.4) is 0 Å². The highest BCUT2D eigenvalue weighted by molar-refractivity contribution is 5.56. The highest BCUT2D eigenvalue weighted by Gasteiger charge is 2.01. The van der Waals surface area contributed by atoms with Crippen molar-refractivity contribution < 1.29 is 0 Å². The van der Waals surface area contributed by atoms with Crippen LogP contribution in [-0.2, 0) is 6.42 Å². The van der Waals surface area contributed by atoms with Gasteiger partial charge in [0.1, 0.15) is 5.82 Å². The maximum Gasteiger partial charge on any atom is 0.229 e. The number of aryl methyl sites for hydroxylation is 1. The first kappa shape index (κ1) is 16.5. The smallest absolute Gasteiger partial charge is 0.229 e. The number of nitriles is 1. The van der Waals surface area contributed by atoms with Crippen LogP contribution in [0, 0.1) is 11.3 Å². The van der Waals surface area contributed by atoms with Gasteiger partial charge in [0.25, 0.3) is 0 Å². The first-order chi connectivity index (χ1) is 12.3. The molecule has 25 heavy (non-hydrogen) atoms. The molecular formula is C20H19N5. The number of nitrogens with zero attached hydrogens (tertiary/aromatic N) is 3. The molecule has 5 heteroatoms. The second-order valence-electron chi connectivity index (χ2n) is 5.60. The zero-order chi connectivity index (χ0) is 17.3. The summed E-state index contributed by atoms with van der Waals surface area (Å²) in [4.78, 5) is 8.68. The molecule has 0 unspecified atom stereocenters. The second-order valence-corrected chi connectivity index (χ2v) is 5.60. The van der Waals surface area contributed by atoms with Gasteiger partial charge in [-0.05, 0) is 48.7 Å². The summed E-state index contributed by atoms with van der Waals surface area (Å²) in [5.74, 6) is 1.32. The van der Waals surface area contributed by atoms with E-state index >= 15 is 0 Å². The molecule has 0 amide bonds. The molecule has 2 N–H and O–H groups in total. The van der Waals surface area contributed by atoms with E-state index in [0.29, 0.717) is 11.5 Å². The lowest BCUT2D eigenvalue weighted by Crippen LogP contribution is -2.06. The highest BCUT2D eigenvalue weighted by Crippen LogP contribution is 2.15. The van der Waals surface area contributed by atoms with E-state index in [4.69, 9.17) is 5.26 Å². The lowest BCUT2D eigenvalue weighted by atomic mass is 10.1. The van der Waals surface area contributed by atoms with Crippen molar-refractivity contribution in [3.8, 4) is 6.07 Å². The Hall–Kier alpha value is -3.39. The van der Waals surface area contributed by atoms with Crippen LogP contribution in [-0.4, -0.2) is 16.5 Å². The lowest BCUT2D eigenvalue weighted by molar-refractivity contribution is 0.858. The van der Waals surface area contributed by atoms with Gasteiger partial charge < -0.3 is 10.6 Å². The third kappa shape index (κ3) is 5.05. The van der Waals surface area contributed by atoms with Crippen LogP contribution in [0.4, 0.5) is 17.5 Å². The highest BCUT2D eigenvalue weighted by atomic mass is 15.1. The van der Waals surface area contributed by atoms with Crippen LogP contribution in [0.1, 0.15) is 17.5 Å². The minimum atomic E-state index is 0.526. The quantitative estimate of drug-likeness (QED) is 0.637. The summed E-state index contributed by atoms with van der Waals surface area (Å²) in [7, 11) is 0. The summed E-state index contributed by atoms with van der Waals surface area (Å²) in [5, 5.41) is 15.3. The van der Waals surface area contributed by atoms with Gasteiger partial charge in [0.05, 0.1) is 11.6 Å². The number of hydrogen-bond donors (Lipinski definition) is 2. The summed E-state index contributed by atoms with van der Waals surface area (Å²) in [6, 6.07) is 21.6. The van der Waals surface area contributed by atoms with E-state index in [1.165, 1.54) is 5.56 Å². The van der Waals surface area contributed by atoms with Crippen LogP contribution < -0.4 is 10.6 Å². The summed E-state index contributed by atoms with van der Waals surface area (Å²) >= 11 is 0. The number of benzene rings is 2. The molecule has 0 spiro atoms. The molecule has 0 bridgehead atoms.